The number of nitrogens with zero attached hydrogens (tertiary/aromatic N) is 1. The van der Waals surface area contributed by atoms with Gasteiger partial charge in [-0.3, -0.25) is 14.5 Å². The van der Waals surface area contributed by atoms with E-state index in [2.05, 4.69) is 18.7 Å². The summed E-state index contributed by atoms with van der Waals surface area (Å²) in [6, 6.07) is 3.24. The van der Waals surface area contributed by atoms with Crippen molar-refractivity contribution in [3.8, 4) is 5.75 Å². The molecule has 1 aromatic rings. The minimum atomic E-state index is -0.738. The molecule has 3 N–H and O–H groups in total. The lowest BCUT2D eigenvalue weighted by molar-refractivity contribution is 0.0997. The summed E-state index contributed by atoms with van der Waals surface area (Å²) in [5.41, 5.74) is 6.16. The number of nitrogens with two attached hydrogens (primary N) is 1. The van der Waals surface area contributed by atoms with Crippen molar-refractivity contribution >= 4 is 11.7 Å². The van der Waals surface area contributed by atoms with Crippen LogP contribution in [0.4, 0.5) is 0 Å². The van der Waals surface area contributed by atoms with Crippen LogP contribution in [-0.2, 0) is 0 Å². The van der Waals surface area contributed by atoms with Gasteiger partial charge in [-0.2, -0.15) is 0 Å². The van der Waals surface area contributed by atoms with Crippen molar-refractivity contribution in [2.24, 2.45) is 5.73 Å². The van der Waals surface area contributed by atoms with E-state index in [0.29, 0.717) is 0 Å². The molecule has 0 radical (unpaired) electrons. The smallest absolute Gasteiger partial charge is 0.252 e. The van der Waals surface area contributed by atoms with E-state index >= 15 is 0 Å². The van der Waals surface area contributed by atoms with Gasteiger partial charge in [-0.25, -0.2) is 0 Å². The highest BCUT2D eigenvalue weighted by Crippen LogP contribution is 2.34. The Bertz CT molecular complexity index is 537. The van der Waals surface area contributed by atoms with Gasteiger partial charge in [0.1, 0.15) is 5.75 Å². The van der Waals surface area contributed by atoms with Gasteiger partial charge >= 0.3 is 0 Å². The standard InChI is InChI=1S/C16H24N2O3/c1-5-13(18(6-2)7-3)11-8-9-12(16(17)21)15(20)14(11)10(4)19/h8-9,13,20H,5-7H2,1-4H3,(H2,17,21). The summed E-state index contributed by atoms with van der Waals surface area (Å²) in [6.07, 6.45) is 0.803. The molecular weight excluding hydrogens is 268 g/mol. The average Bonchev–Trinajstić information content (AvgIpc) is 2.43. The lowest BCUT2D eigenvalue weighted by atomic mass is 9.92. The Morgan fingerprint density at radius 2 is 1.81 bits per heavy atom. The van der Waals surface area contributed by atoms with Crippen molar-refractivity contribution in [3.05, 3.63) is 28.8 Å². The number of Topliss-reactive ketones (excluding diaryl/α,β-unsaturated/α-hetero) is 1. The van der Waals surface area contributed by atoms with Crippen molar-refractivity contribution in [1.82, 2.24) is 4.90 Å². The number of phenols is 1. The fourth-order valence-electron chi connectivity index (χ4n) is 2.79. The SMILES string of the molecule is CCC(c1ccc(C(N)=O)c(O)c1C(C)=O)N(CC)CC. The molecule has 0 saturated heterocycles. The number of aromatic hydroxyl groups is 1. The fourth-order valence-corrected chi connectivity index (χ4v) is 2.79. The van der Waals surface area contributed by atoms with E-state index in [0.717, 1.165) is 25.1 Å². The minimum absolute atomic E-state index is 0.0154. The molecule has 1 unspecified atom stereocenters. The van der Waals surface area contributed by atoms with Crippen LogP contribution < -0.4 is 5.73 Å². The molecule has 0 heterocycles. The van der Waals surface area contributed by atoms with Crippen molar-refractivity contribution in [3.63, 3.8) is 0 Å². The number of benzene rings is 1. The summed E-state index contributed by atoms with van der Waals surface area (Å²) in [5.74, 6) is -1.31. The van der Waals surface area contributed by atoms with Crippen LogP contribution in [0.15, 0.2) is 12.1 Å². The van der Waals surface area contributed by atoms with Crippen molar-refractivity contribution in [1.29, 1.82) is 0 Å². The van der Waals surface area contributed by atoms with Crippen molar-refractivity contribution < 1.29 is 14.7 Å². The Morgan fingerprint density at radius 3 is 2.19 bits per heavy atom. The quantitative estimate of drug-likeness (QED) is 0.756. The van der Waals surface area contributed by atoms with Gasteiger partial charge in [0, 0.05) is 6.04 Å². The second-order valence-corrected chi connectivity index (χ2v) is 4.99. The molecule has 0 bridgehead atoms. The first-order chi connectivity index (χ1) is 9.88. The zero-order valence-electron chi connectivity index (χ0n) is 13.1. The lowest BCUT2D eigenvalue weighted by Crippen LogP contribution is -2.29. The first kappa shape index (κ1) is 17.2. The van der Waals surface area contributed by atoms with Gasteiger partial charge in [-0.15, -0.1) is 0 Å². The highest BCUT2D eigenvalue weighted by atomic mass is 16.3. The molecule has 0 aliphatic heterocycles. The second kappa shape index (κ2) is 7.22. The summed E-state index contributed by atoms with van der Waals surface area (Å²) in [7, 11) is 0. The van der Waals surface area contributed by atoms with Crippen molar-refractivity contribution in [2.75, 3.05) is 13.1 Å². The number of rotatable bonds is 7. The third-order valence-electron chi connectivity index (χ3n) is 3.83. The fraction of sp³-hybridized carbons (Fsp3) is 0.500. The molecule has 1 atom stereocenters. The Balaban J connectivity index is 3.51. The van der Waals surface area contributed by atoms with Crippen LogP contribution in [0.3, 0.4) is 0 Å². The highest BCUT2D eigenvalue weighted by molar-refractivity contribution is 6.04. The third kappa shape index (κ3) is 3.42. The molecule has 0 saturated carbocycles. The molecule has 0 aliphatic rings. The zero-order valence-corrected chi connectivity index (χ0v) is 13.1. The van der Waals surface area contributed by atoms with Gasteiger partial charge in [0.25, 0.3) is 5.91 Å². The van der Waals surface area contributed by atoms with Gasteiger partial charge < -0.3 is 10.8 Å². The lowest BCUT2D eigenvalue weighted by Gasteiger charge is -2.30. The Kier molecular flexibility index (Phi) is 5.90. The molecule has 1 aromatic carbocycles. The Labute approximate surface area is 125 Å². The number of amides is 1. The molecule has 0 fully saturated rings. The van der Waals surface area contributed by atoms with E-state index in [9.17, 15) is 14.7 Å². The summed E-state index contributed by atoms with van der Waals surface area (Å²) in [5, 5.41) is 10.2. The van der Waals surface area contributed by atoms with E-state index in [4.69, 9.17) is 5.73 Å². The Morgan fingerprint density at radius 1 is 1.24 bits per heavy atom. The monoisotopic (exact) mass is 292 g/mol. The first-order valence-corrected chi connectivity index (χ1v) is 7.29. The summed E-state index contributed by atoms with van der Waals surface area (Å²) in [4.78, 5) is 25.5. The maximum atomic E-state index is 12.0. The second-order valence-electron chi connectivity index (χ2n) is 4.99. The number of hydrogen-bond acceptors (Lipinski definition) is 4. The van der Waals surface area contributed by atoms with E-state index < -0.39 is 5.91 Å². The molecule has 21 heavy (non-hydrogen) atoms. The molecular formula is C16H24N2O3. The number of primary amides is 1. The zero-order chi connectivity index (χ0) is 16.2. The summed E-state index contributed by atoms with van der Waals surface area (Å²) < 4.78 is 0. The number of carbonyl (C=O) groups excluding carboxylic acids is 2. The molecule has 5 nitrogen and oxygen atoms in total. The molecule has 0 spiro atoms. The summed E-state index contributed by atoms with van der Waals surface area (Å²) >= 11 is 0. The predicted molar refractivity (Wildman–Crippen MR) is 82.6 cm³/mol. The maximum absolute atomic E-state index is 12.0. The average molecular weight is 292 g/mol. The van der Waals surface area contributed by atoms with Gasteiger partial charge in [-0.1, -0.05) is 26.8 Å². The van der Waals surface area contributed by atoms with Gasteiger partial charge in [0.15, 0.2) is 5.78 Å². The minimum Gasteiger partial charge on any atom is -0.506 e. The van der Waals surface area contributed by atoms with E-state index in [-0.39, 0.29) is 28.7 Å². The van der Waals surface area contributed by atoms with Crippen LogP contribution in [0.1, 0.15) is 66.4 Å². The molecule has 116 valence electrons. The molecule has 0 aromatic heterocycles. The predicted octanol–water partition coefficient (Wildman–Crippen LogP) is 2.49. The topological polar surface area (TPSA) is 83.6 Å². The third-order valence-corrected chi connectivity index (χ3v) is 3.83. The summed E-state index contributed by atoms with van der Waals surface area (Å²) in [6.45, 7) is 9.20. The van der Waals surface area contributed by atoms with Crippen LogP contribution in [0.5, 0.6) is 5.75 Å². The molecule has 1 rings (SSSR count). The van der Waals surface area contributed by atoms with Gasteiger partial charge in [0.05, 0.1) is 11.1 Å². The number of ketones is 1. The maximum Gasteiger partial charge on any atom is 0.252 e. The normalized spacial score (nSPS) is 12.4. The van der Waals surface area contributed by atoms with Crippen LogP contribution >= 0.6 is 0 Å². The van der Waals surface area contributed by atoms with E-state index in [1.54, 1.807) is 6.07 Å². The van der Waals surface area contributed by atoms with Crippen LogP contribution in [0.25, 0.3) is 0 Å². The van der Waals surface area contributed by atoms with Gasteiger partial charge in [-0.05, 0) is 38.1 Å². The number of hydrogen-bond donors (Lipinski definition) is 2. The van der Waals surface area contributed by atoms with Gasteiger partial charge in [0.2, 0.25) is 0 Å². The van der Waals surface area contributed by atoms with Crippen LogP contribution in [0, 0.1) is 0 Å². The van der Waals surface area contributed by atoms with Crippen LogP contribution in [0.2, 0.25) is 0 Å². The van der Waals surface area contributed by atoms with E-state index in [1.165, 1.54) is 13.0 Å². The first-order valence-electron chi connectivity index (χ1n) is 7.29. The highest BCUT2D eigenvalue weighted by Gasteiger charge is 2.25. The van der Waals surface area contributed by atoms with Crippen molar-refractivity contribution in [2.45, 2.75) is 40.2 Å². The largest absolute Gasteiger partial charge is 0.506 e. The Hall–Kier alpha value is -1.88. The van der Waals surface area contributed by atoms with E-state index in [1.807, 2.05) is 6.92 Å². The molecule has 5 heteroatoms. The van der Waals surface area contributed by atoms with Crippen LogP contribution in [-0.4, -0.2) is 34.8 Å². The molecule has 0 aliphatic carbocycles. The molecule has 1 amide bonds. The number of carbonyl (C=O) groups is 2.